The lowest BCUT2D eigenvalue weighted by Crippen LogP contribution is -2.37. The van der Waals surface area contributed by atoms with Gasteiger partial charge in [0.25, 0.3) is 18.9 Å². The number of amides is 1. The molecule has 1 aliphatic rings. The minimum atomic E-state index is -2.62. The number of anilines is 1. The van der Waals surface area contributed by atoms with Crippen LogP contribution in [-0.4, -0.2) is 31.3 Å². The summed E-state index contributed by atoms with van der Waals surface area (Å²) in [6.07, 6.45) is 1.72. The zero-order chi connectivity index (χ0) is 21.3. The van der Waals surface area contributed by atoms with Crippen molar-refractivity contribution in [3.8, 4) is 0 Å². The molecule has 9 heteroatoms. The van der Waals surface area contributed by atoms with Crippen molar-refractivity contribution in [2.45, 2.75) is 44.2 Å². The molecule has 2 aromatic heterocycles. The Morgan fingerprint density at radius 2 is 1.83 bits per heavy atom. The second-order valence-corrected chi connectivity index (χ2v) is 7.79. The van der Waals surface area contributed by atoms with E-state index in [9.17, 15) is 18.0 Å². The number of pyridine rings is 1. The molecule has 1 fully saturated rings. The number of alkyl halides is 2. The number of hydrogen-bond acceptors (Lipinski definition) is 4. The number of imidazole rings is 1. The molecule has 30 heavy (non-hydrogen) atoms. The molecule has 0 unspecified atom stereocenters. The predicted molar refractivity (Wildman–Crippen MR) is 108 cm³/mol. The first-order chi connectivity index (χ1) is 14.4. The number of fused-ring (bicyclic) bond motifs is 1. The summed E-state index contributed by atoms with van der Waals surface area (Å²) in [7, 11) is 0. The number of carbonyl (C=O) groups is 1. The summed E-state index contributed by atoms with van der Waals surface area (Å²) in [5.74, 6) is -0.000257. The number of hydrogen-bond donors (Lipinski definition) is 1. The van der Waals surface area contributed by atoms with Crippen LogP contribution >= 0.6 is 0 Å². The van der Waals surface area contributed by atoms with Gasteiger partial charge in [0.1, 0.15) is 23.0 Å². The fraction of sp³-hybridized carbons (Fsp3) is 0.333. The molecule has 0 saturated heterocycles. The molecule has 156 valence electrons. The van der Waals surface area contributed by atoms with Crippen LogP contribution in [0.5, 0.6) is 0 Å². The van der Waals surface area contributed by atoms with Crippen molar-refractivity contribution in [1.29, 1.82) is 0 Å². The Balaban J connectivity index is 1.39. The lowest BCUT2D eigenvalue weighted by atomic mass is 9.91. The summed E-state index contributed by atoms with van der Waals surface area (Å²) in [5, 5.41) is 3.40. The van der Waals surface area contributed by atoms with Crippen molar-refractivity contribution in [1.82, 2.24) is 9.38 Å². The van der Waals surface area contributed by atoms with Gasteiger partial charge in [-0.1, -0.05) is 10.0 Å². The smallest absolute Gasteiger partial charge is 0.368 e. The minimum absolute atomic E-state index is 0.0786. The molecule has 0 radical (unpaired) electrons. The highest BCUT2D eigenvalue weighted by Crippen LogP contribution is 2.26. The van der Waals surface area contributed by atoms with Crippen molar-refractivity contribution < 1.29 is 21.9 Å². The number of aromatic nitrogens is 2. The van der Waals surface area contributed by atoms with Gasteiger partial charge in [-0.3, -0.25) is 4.40 Å². The highest BCUT2D eigenvalue weighted by Gasteiger charge is 2.34. The van der Waals surface area contributed by atoms with Gasteiger partial charge in [0.15, 0.2) is 6.04 Å². The zero-order valence-electron chi connectivity index (χ0n) is 16.0. The van der Waals surface area contributed by atoms with E-state index in [1.165, 1.54) is 34.4 Å². The lowest BCUT2D eigenvalue weighted by Gasteiger charge is -2.26. The second kappa shape index (κ2) is 8.51. The van der Waals surface area contributed by atoms with Crippen LogP contribution in [0, 0.1) is 5.82 Å². The van der Waals surface area contributed by atoms with Crippen LogP contribution in [0.3, 0.4) is 0 Å². The van der Waals surface area contributed by atoms with Crippen LogP contribution in [0.2, 0.25) is 0 Å². The van der Waals surface area contributed by atoms with Crippen LogP contribution < -0.4 is 5.32 Å². The maximum atomic E-state index is 13.1. The first-order valence-electron chi connectivity index (χ1n) is 9.71. The molecule has 3 aromatic rings. The summed E-state index contributed by atoms with van der Waals surface area (Å²) in [6, 6.07) is 10.7. The van der Waals surface area contributed by atoms with Crippen LogP contribution in [-0.2, 0) is 12.4 Å². The van der Waals surface area contributed by atoms with Crippen LogP contribution in [0.4, 0.5) is 19.0 Å². The molecule has 0 aliphatic heterocycles. The average molecular weight is 433 g/mol. The zero-order valence-corrected chi connectivity index (χ0v) is 16.8. The van der Waals surface area contributed by atoms with E-state index in [-0.39, 0.29) is 23.7 Å². The fourth-order valence-corrected chi connectivity index (χ4v) is 4.12. The first-order valence-corrected chi connectivity index (χ1v) is 10.1. The van der Waals surface area contributed by atoms with E-state index in [0.717, 1.165) is 25.7 Å². The van der Waals surface area contributed by atoms with Gasteiger partial charge in [-0.2, -0.15) is 0 Å². The third-order valence-corrected chi connectivity index (χ3v) is 5.87. The number of nitrogens with one attached hydrogen (secondary N) is 1. The summed E-state index contributed by atoms with van der Waals surface area (Å²) >= 11 is 5.34. The van der Waals surface area contributed by atoms with Crippen LogP contribution in [0.15, 0.2) is 48.7 Å². The average Bonchev–Trinajstić information content (AvgIpc) is 3.20. The number of carbonyl (C=O) groups excluding carboxylic acids is 1. The summed E-state index contributed by atoms with van der Waals surface area (Å²) in [4.78, 5) is 16.5. The van der Waals surface area contributed by atoms with Crippen molar-refractivity contribution >= 4 is 29.8 Å². The summed E-state index contributed by atoms with van der Waals surface area (Å²) < 4.78 is 41.9. The normalized spacial score (nSPS) is 19.2. The SMILES string of the molecule is O=C(c1ccc(F)cc1)[N+](=S)C1CCC(Nc2cccc3nc(C(F)F)cn23)CC1. The molecule has 0 bridgehead atoms. The van der Waals surface area contributed by atoms with Gasteiger partial charge in [-0.25, -0.2) is 22.9 Å². The predicted octanol–water partition coefficient (Wildman–Crippen LogP) is 4.72. The minimum Gasteiger partial charge on any atom is -0.368 e. The van der Waals surface area contributed by atoms with E-state index in [4.69, 9.17) is 12.4 Å². The maximum Gasteiger partial charge on any atom is 0.433 e. The molecule has 0 atom stereocenters. The van der Waals surface area contributed by atoms with E-state index >= 15 is 0 Å². The third-order valence-electron chi connectivity index (χ3n) is 5.41. The van der Waals surface area contributed by atoms with E-state index in [1.807, 2.05) is 6.07 Å². The Morgan fingerprint density at radius 1 is 1.13 bits per heavy atom. The van der Waals surface area contributed by atoms with Crippen molar-refractivity contribution in [3.63, 3.8) is 0 Å². The van der Waals surface area contributed by atoms with Gasteiger partial charge < -0.3 is 5.32 Å². The Hall–Kier alpha value is -2.81. The molecule has 2 heterocycles. The van der Waals surface area contributed by atoms with E-state index < -0.39 is 12.2 Å². The molecule has 5 nitrogen and oxygen atoms in total. The van der Waals surface area contributed by atoms with Gasteiger partial charge in [-0.05, 0) is 49.2 Å². The number of rotatable bonds is 5. The molecule has 0 spiro atoms. The van der Waals surface area contributed by atoms with Gasteiger partial charge in [0.05, 0.1) is 5.56 Å². The van der Waals surface area contributed by atoms with Gasteiger partial charge >= 0.3 is 5.91 Å². The van der Waals surface area contributed by atoms with Crippen molar-refractivity contribution in [2.24, 2.45) is 0 Å². The molecular weight excluding hydrogens is 413 g/mol. The van der Waals surface area contributed by atoms with Gasteiger partial charge in [-0.15, -0.1) is 0 Å². The lowest BCUT2D eigenvalue weighted by molar-refractivity contribution is -0.448. The van der Waals surface area contributed by atoms with Gasteiger partial charge in [0, 0.05) is 25.1 Å². The molecule has 1 aliphatic carbocycles. The summed E-state index contributed by atoms with van der Waals surface area (Å²) in [5.41, 5.74) is 0.577. The van der Waals surface area contributed by atoms with Gasteiger partial charge in [0.2, 0.25) is 0 Å². The monoisotopic (exact) mass is 433 g/mol. The number of halogens is 3. The largest absolute Gasteiger partial charge is 0.433 e. The third kappa shape index (κ3) is 4.21. The summed E-state index contributed by atoms with van der Waals surface area (Å²) in [6.45, 7) is 0. The Bertz CT molecular complexity index is 1080. The van der Waals surface area contributed by atoms with Crippen LogP contribution in [0.1, 0.15) is 48.2 Å². The van der Waals surface area contributed by atoms with Crippen molar-refractivity contribution in [2.75, 3.05) is 5.32 Å². The fourth-order valence-electron chi connectivity index (χ4n) is 3.80. The Morgan fingerprint density at radius 3 is 2.50 bits per heavy atom. The quantitative estimate of drug-likeness (QED) is 0.592. The molecule has 1 amide bonds. The van der Waals surface area contributed by atoms with E-state index in [0.29, 0.717) is 17.0 Å². The molecule has 1 saturated carbocycles. The molecule has 1 aromatic carbocycles. The first kappa shape index (κ1) is 20.5. The Labute approximate surface area is 176 Å². The van der Waals surface area contributed by atoms with E-state index in [2.05, 4.69) is 10.3 Å². The number of nitrogens with zero attached hydrogens (tertiary/aromatic N) is 3. The highest BCUT2D eigenvalue weighted by molar-refractivity contribution is 7.44. The Kier molecular flexibility index (Phi) is 5.80. The standard InChI is InChI=1S/C21H20F3N4OS/c22-14-6-4-13(5-7-14)21(29)28(30)16-10-8-15(9-11-16)25-18-2-1-3-19-26-17(20(23)24)12-27(18)19/h1-7,12,15-16,20,25H,8-11H2/q+1. The van der Waals surface area contributed by atoms with Crippen molar-refractivity contribution in [3.05, 3.63) is 65.7 Å². The molecule has 4 rings (SSSR count). The van der Waals surface area contributed by atoms with Crippen LogP contribution in [0.25, 0.3) is 5.65 Å². The maximum absolute atomic E-state index is 13.1. The topological polar surface area (TPSA) is 49.4 Å². The molecule has 1 N–H and O–H groups in total. The molecular formula is C21H20F3N4OS+. The highest BCUT2D eigenvalue weighted by atomic mass is 32.1. The second-order valence-electron chi connectivity index (χ2n) is 7.39. The van der Waals surface area contributed by atoms with E-state index in [1.54, 1.807) is 16.5 Å². The number of benzene rings is 1.